The molecule has 0 radical (unpaired) electrons. The number of fused-ring (bicyclic) bond motifs is 1. The first-order valence-electron chi connectivity index (χ1n) is 9.81. The van der Waals surface area contributed by atoms with Gasteiger partial charge < -0.3 is 19.7 Å². The molecular weight excluding hydrogens is 422 g/mol. The van der Waals surface area contributed by atoms with Crippen LogP contribution in [0.3, 0.4) is 0 Å². The molecule has 1 fully saturated rings. The lowest BCUT2D eigenvalue weighted by Crippen LogP contribution is -2.36. The van der Waals surface area contributed by atoms with Crippen LogP contribution in [0.15, 0.2) is 35.4 Å². The first-order chi connectivity index (χ1) is 15.0. The van der Waals surface area contributed by atoms with Gasteiger partial charge in [0.2, 0.25) is 5.91 Å². The Labute approximate surface area is 181 Å². The highest BCUT2D eigenvalue weighted by atomic mass is 32.1. The average molecular weight is 443 g/mol. The molecule has 0 unspecified atom stereocenters. The minimum atomic E-state index is -0.424. The molecule has 2 aromatic heterocycles. The normalized spacial score (nSPS) is 13.9. The molecular formula is C20H21N5O5S. The van der Waals surface area contributed by atoms with Crippen molar-refractivity contribution in [2.24, 2.45) is 0 Å². The van der Waals surface area contributed by atoms with E-state index >= 15 is 0 Å². The lowest BCUT2D eigenvalue weighted by atomic mass is 10.2. The minimum absolute atomic E-state index is 0.188. The van der Waals surface area contributed by atoms with Crippen LogP contribution >= 0.6 is 11.3 Å². The summed E-state index contributed by atoms with van der Waals surface area (Å²) in [5, 5.41) is 3.44. The van der Waals surface area contributed by atoms with Gasteiger partial charge in [-0.05, 0) is 31.2 Å². The highest BCUT2D eigenvalue weighted by molar-refractivity contribution is 7.22. The molecule has 1 aliphatic heterocycles. The summed E-state index contributed by atoms with van der Waals surface area (Å²) in [6.07, 6.45) is 1.33. The molecule has 162 valence electrons. The van der Waals surface area contributed by atoms with E-state index < -0.39 is 5.97 Å². The van der Waals surface area contributed by atoms with Crippen molar-refractivity contribution in [3.05, 3.63) is 46.5 Å². The van der Waals surface area contributed by atoms with Crippen LogP contribution in [-0.4, -0.2) is 59.3 Å². The van der Waals surface area contributed by atoms with Gasteiger partial charge in [0, 0.05) is 18.8 Å². The van der Waals surface area contributed by atoms with E-state index in [1.54, 1.807) is 31.2 Å². The van der Waals surface area contributed by atoms with Gasteiger partial charge in [-0.3, -0.25) is 14.2 Å². The zero-order valence-electron chi connectivity index (χ0n) is 16.9. The number of hydrogen-bond acceptors (Lipinski definition) is 9. The third kappa shape index (κ3) is 4.72. The maximum absolute atomic E-state index is 12.8. The number of carbonyl (C=O) groups is 2. The number of carbonyl (C=O) groups excluding carboxylic acids is 2. The van der Waals surface area contributed by atoms with Crippen molar-refractivity contribution in [2.45, 2.75) is 13.5 Å². The van der Waals surface area contributed by atoms with Crippen molar-refractivity contribution in [2.75, 3.05) is 43.1 Å². The van der Waals surface area contributed by atoms with E-state index in [2.05, 4.69) is 20.2 Å². The number of thiazole rings is 1. The molecule has 31 heavy (non-hydrogen) atoms. The van der Waals surface area contributed by atoms with E-state index in [1.165, 1.54) is 22.2 Å². The van der Waals surface area contributed by atoms with Gasteiger partial charge in [-0.25, -0.2) is 9.78 Å². The van der Waals surface area contributed by atoms with Crippen LogP contribution in [-0.2, 0) is 20.8 Å². The molecule has 0 saturated carbocycles. The summed E-state index contributed by atoms with van der Waals surface area (Å²) in [5.41, 5.74) is 0.969. The van der Waals surface area contributed by atoms with Crippen molar-refractivity contribution >= 4 is 44.4 Å². The minimum Gasteiger partial charge on any atom is -0.462 e. The Bertz CT molecular complexity index is 1150. The van der Waals surface area contributed by atoms with Crippen molar-refractivity contribution in [1.29, 1.82) is 0 Å². The predicted molar refractivity (Wildman–Crippen MR) is 116 cm³/mol. The van der Waals surface area contributed by atoms with E-state index in [4.69, 9.17) is 9.47 Å². The summed E-state index contributed by atoms with van der Waals surface area (Å²) in [6.45, 7) is 4.50. The molecule has 0 aliphatic carbocycles. The second kappa shape index (κ2) is 9.23. The lowest BCUT2D eigenvalue weighted by Gasteiger charge is -2.25. The number of anilines is 2. The van der Waals surface area contributed by atoms with Crippen LogP contribution in [0, 0.1) is 0 Å². The second-order valence-corrected chi connectivity index (χ2v) is 7.75. The third-order valence-electron chi connectivity index (χ3n) is 4.65. The Kier molecular flexibility index (Phi) is 6.23. The first kappa shape index (κ1) is 20.9. The number of morpholine rings is 1. The quantitative estimate of drug-likeness (QED) is 0.570. The summed E-state index contributed by atoms with van der Waals surface area (Å²) >= 11 is 1.27. The molecule has 0 atom stereocenters. The number of rotatable bonds is 6. The van der Waals surface area contributed by atoms with Crippen LogP contribution in [0.25, 0.3) is 10.3 Å². The monoisotopic (exact) mass is 443 g/mol. The predicted octanol–water partition coefficient (Wildman–Crippen LogP) is 1.50. The van der Waals surface area contributed by atoms with Gasteiger partial charge in [-0.2, -0.15) is 4.98 Å². The number of nitrogens with one attached hydrogen (secondary N) is 1. The molecule has 0 spiro atoms. The maximum atomic E-state index is 12.8. The molecule has 1 aromatic carbocycles. The Balaban J connectivity index is 1.45. The number of amides is 1. The number of benzene rings is 1. The highest BCUT2D eigenvalue weighted by Crippen LogP contribution is 2.25. The fraction of sp³-hybridized carbons (Fsp3) is 0.350. The standard InChI is InChI=1S/C20H21N5O5S/c1-2-30-19(28)13-3-5-14(6-4-13)22-15(26)11-25-12-21-17-16(18(25)27)31-20(23-17)24-7-9-29-10-8-24/h3-6,12H,2,7-11H2,1H3,(H,22,26). The van der Waals surface area contributed by atoms with Crippen molar-refractivity contribution in [3.63, 3.8) is 0 Å². The van der Waals surface area contributed by atoms with Crippen molar-refractivity contribution in [1.82, 2.24) is 14.5 Å². The number of nitrogens with zero attached hydrogens (tertiary/aromatic N) is 4. The third-order valence-corrected chi connectivity index (χ3v) is 5.74. The lowest BCUT2D eigenvalue weighted by molar-refractivity contribution is -0.116. The van der Waals surface area contributed by atoms with Crippen molar-refractivity contribution < 1.29 is 19.1 Å². The molecule has 1 saturated heterocycles. The number of esters is 1. The van der Waals surface area contributed by atoms with Gasteiger partial charge in [0.1, 0.15) is 17.6 Å². The van der Waals surface area contributed by atoms with E-state index in [0.29, 0.717) is 47.9 Å². The van der Waals surface area contributed by atoms with Crippen LogP contribution in [0.1, 0.15) is 17.3 Å². The van der Waals surface area contributed by atoms with E-state index in [1.807, 2.05) is 0 Å². The Morgan fingerprint density at radius 1 is 1.23 bits per heavy atom. The van der Waals surface area contributed by atoms with Crippen LogP contribution in [0.5, 0.6) is 0 Å². The molecule has 0 bridgehead atoms. The maximum Gasteiger partial charge on any atom is 0.338 e. The zero-order valence-corrected chi connectivity index (χ0v) is 17.7. The molecule has 3 aromatic rings. The molecule has 1 N–H and O–H groups in total. The highest BCUT2D eigenvalue weighted by Gasteiger charge is 2.18. The smallest absolute Gasteiger partial charge is 0.338 e. The SMILES string of the molecule is CCOC(=O)c1ccc(NC(=O)Cn2cnc3nc(N4CCOCC4)sc3c2=O)cc1. The zero-order chi connectivity index (χ0) is 21.8. The van der Waals surface area contributed by atoms with Crippen LogP contribution in [0.4, 0.5) is 10.8 Å². The molecule has 3 heterocycles. The number of aromatic nitrogens is 3. The molecule has 10 nitrogen and oxygen atoms in total. The molecule has 4 rings (SSSR count). The fourth-order valence-electron chi connectivity index (χ4n) is 3.10. The van der Waals surface area contributed by atoms with Crippen LogP contribution in [0.2, 0.25) is 0 Å². The number of hydrogen-bond donors (Lipinski definition) is 1. The van der Waals surface area contributed by atoms with Crippen LogP contribution < -0.4 is 15.8 Å². The summed E-state index contributed by atoms with van der Waals surface area (Å²) in [7, 11) is 0. The Hall–Kier alpha value is -3.31. The summed E-state index contributed by atoms with van der Waals surface area (Å²) in [6, 6.07) is 6.34. The number of ether oxygens (including phenoxy) is 2. The van der Waals surface area contributed by atoms with E-state index in [9.17, 15) is 14.4 Å². The van der Waals surface area contributed by atoms with E-state index in [-0.39, 0.29) is 24.6 Å². The van der Waals surface area contributed by atoms with Gasteiger partial charge in [0.15, 0.2) is 10.8 Å². The fourth-order valence-corrected chi connectivity index (χ4v) is 4.12. The first-order valence-corrected chi connectivity index (χ1v) is 10.6. The summed E-state index contributed by atoms with van der Waals surface area (Å²) in [5.74, 6) is -0.808. The Morgan fingerprint density at radius 3 is 2.68 bits per heavy atom. The topological polar surface area (TPSA) is 116 Å². The summed E-state index contributed by atoms with van der Waals surface area (Å²) < 4.78 is 11.9. The second-order valence-electron chi connectivity index (χ2n) is 6.77. The molecule has 11 heteroatoms. The summed E-state index contributed by atoms with van der Waals surface area (Å²) in [4.78, 5) is 47.7. The molecule has 1 amide bonds. The van der Waals surface area contributed by atoms with E-state index in [0.717, 1.165) is 5.13 Å². The van der Waals surface area contributed by atoms with Gasteiger partial charge in [0.05, 0.1) is 25.4 Å². The van der Waals surface area contributed by atoms with Gasteiger partial charge in [0.25, 0.3) is 5.56 Å². The largest absolute Gasteiger partial charge is 0.462 e. The van der Waals surface area contributed by atoms with Crippen molar-refractivity contribution in [3.8, 4) is 0 Å². The average Bonchev–Trinajstić information content (AvgIpc) is 3.22. The molecule has 1 aliphatic rings. The van der Waals surface area contributed by atoms with Gasteiger partial charge in [-0.15, -0.1) is 0 Å². The Morgan fingerprint density at radius 2 is 1.97 bits per heavy atom. The van der Waals surface area contributed by atoms with Gasteiger partial charge >= 0.3 is 5.97 Å². The van der Waals surface area contributed by atoms with Gasteiger partial charge in [-0.1, -0.05) is 11.3 Å².